The molecule has 0 bridgehead atoms. The van der Waals surface area contributed by atoms with E-state index in [-0.39, 0.29) is 16.8 Å². The van der Waals surface area contributed by atoms with Crippen molar-refractivity contribution in [3.8, 4) is 11.1 Å². The number of carbonyl (C=O) groups is 1. The van der Waals surface area contributed by atoms with Crippen molar-refractivity contribution >= 4 is 11.7 Å². The minimum Gasteiger partial charge on any atom is -0.478 e. The summed E-state index contributed by atoms with van der Waals surface area (Å²) >= 11 is 0. The lowest BCUT2D eigenvalue weighted by molar-refractivity contribution is -0.384. The molecule has 5 nitrogen and oxygen atoms in total. The van der Waals surface area contributed by atoms with Gasteiger partial charge in [0, 0.05) is 12.1 Å². The van der Waals surface area contributed by atoms with E-state index in [1.54, 1.807) is 6.07 Å². The molecule has 0 spiro atoms. The minimum absolute atomic E-state index is 0.214. The van der Waals surface area contributed by atoms with Crippen LogP contribution < -0.4 is 0 Å². The zero-order chi connectivity index (χ0) is 14.0. The Morgan fingerprint density at radius 3 is 2.47 bits per heavy atom. The fraction of sp³-hybridized carbons (Fsp3) is 0. The minimum atomic E-state index is -1.28. The van der Waals surface area contributed by atoms with Gasteiger partial charge in [0.05, 0.1) is 10.5 Å². The molecule has 0 unspecified atom stereocenters. The van der Waals surface area contributed by atoms with Gasteiger partial charge in [-0.05, 0) is 29.3 Å². The van der Waals surface area contributed by atoms with Gasteiger partial charge in [0.25, 0.3) is 5.69 Å². The van der Waals surface area contributed by atoms with Gasteiger partial charge in [0.1, 0.15) is 5.82 Å². The number of nitro benzene ring substituents is 1. The van der Waals surface area contributed by atoms with Crippen LogP contribution in [0.1, 0.15) is 10.4 Å². The van der Waals surface area contributed by atoms with Crippen LogP contribution >= 0.6 is 0 Å². The number of non-ortho nitro benzene ring substituents is 1. The van der Waals surface area contributed by atoms with Crippen LogP contribution in [-0.4, -0.2) is 16.0 Å². The molecule has 96 valence electrons. The van der Waals surface area contributed by atoms with Crippen molar-refractivity contribution in [1.29, 1.82) is 0 Å². The lowest BCUT2D eigenvalue weighted by atomic mass is 10.0. The van der Waals surface area contributed by atoms with Crippen LogP contribution in [0.25, 0.3) is 11.1 Å². The third-order valence-corrected chi connectivity index (χ3v) is 2.53. The van der Waals surface area contributed by atoms with Gasteiger partial charge < -0.3 is 5.11 Å². The van der Waals surface area contributed by atoms with Gasteiger partial charge in [-0.2, -0.15) is 0 Å². The Balaban J connectivity index is 2.62. The molecule has 6 heteroatoms. The second-order valence-electron chi connectivity index (χ2n) is 3.84. The molecular weight excluding hydrogens is 253 g/mol. The zero-order valence-corrected chi connectivity index (χ0v) is 9.54. The summed E-state index contributed by atoms with van der Waals surface area (Å²) in [5, 5.41) is 19.7. The number of benzene rings is 2. The molecule has 0 aliphatic carbocycles. The number of hydrogen-bond acceptors (Lipinski definition) is 3. The highest BCUT2D eigenvalue weighted by molar-refractivity contribution is 5.90. The molecule has 19 heavy (non-hydrogen) atoms. The number of rotatable bonds is 3. The summed E-state index contributed by atoms with van der Waals surface area (Å²) in [6.45, 7) is 0. The van der Waals surface area contributed by atoms with E-state index in [1.165, 1.54) is 30.3 Å². The second kappa shape index (κ2) is 4.85. The highest BCUT2D eigenvalue weighted by atomic mass is 19.1. The lowest BCUT2D eigenvalue weighted by Crippen LogP contribution is -1.99. The summed E-state index contributed by atoms with van der Waals surface area (Å²) < 4.78 is 13.1. The Morgan fingerprint density at radius 1 is 1.16 bits per heavy atom. The number of nitro groups is 1. The summed E-state index contributed by atoms with van der Waals surface area (Å²) in [4.78, 5) is 21.0. The van der Waals surface area contributed by atoms with E-state index in [0.717, 1.165) is 6.07 Å². The average Bonchev–Trinajstić information content (AvgIpc) is 2.38. The molecule has 0 aliphatic rings. The fourth-order valence-electron chi connectivity index (χ4n) is 1.67. The highest BCUT2D eigenvalue weighted by Crippen LogP contribution is 2.26. The molecule has 0 amide bonds. The van der Waals surface area contributed by atoms with Gasteiger partial charge in [-0.25, -0.2) is 9.18 Å². The van der Waals surface area contributed by atoms with Crippen LogP contribution in [0.4, 0.5) is 10.1 Å². The Labute approximate surface area is 107 Å². The Hall–Kier alpha value is -2.76. The molecule has 1 N–H and O–H groups in total. The van der Waals surface area contributed by atoms with Crippen LogP contribution in [0.3, 0.4) is 0 Å². The Morgan fingerprint density at radius 2 is 1.89 bits per heavy atom. The molecule has 2 rings (SSSR count). The standard InChI is InChI=1S/C13H8FNO4/c14-11-3-1-2-8(5-11)9-4-10(13(16)17)7-12(6-9)15(18)19/h1-7H,(H,16,17). The van der Waals surface area contributed by atoms with Crippen LogP contribution in [0.15, 0.2) is 42.5 Å². The van der Waals surface area contributed by atoms with Gasteiger partial charge in [-0.15, -0.1) is 0 Å². The maximum absolute atomic E-state index is 13.1. The molecule has 2 aromatic rings. The second-order valence-corrected chi connectivity index (χ2v) is 3.84. The quantitative estimate of drug-likeness (QED) is 0.680. The number of carboxylic acids is 1. The number of carboxylic acid groups (broad SMARTS) is 1. The van der Waals surface area contributed by atoms with Crippen molar-refractivity contribution < 1.29 is 19.2 Å². The van der Waals surface area contributed by atoms with Gasteiger partial charge in [0.15, 0.2) is 0 Å². The molecule has 0 aliphatic heterocycles. The average molecular weight is 261 g/mol. The van der Waals surface area contributed by atoms with Gasteiger partial charge in [0.2, 0.25) is 0 Å². The highest BCUT2D eigenvalue weighted by Gasteiger charge is 2.14. The van der Waals surface area contributed by atoms with E-state index in [4.69, 9.17) is 5.11 Å². The third-order valence-electron chi connectivity index (χ3n) is 2.53. The van der Waals surface area contributed by atoms with Crippen LogP contribution in [0, 0.1) is 15.9 Å². The zero-order valence-electron chi connectivity index (χ0n) is 9.54. The van der Waals surface area contributed by atoms with E-state index in [2.05, 4.69) is 0 Å². The van der Waals surface area contributed by atoms with Crippen molar-refractivity contribution in [1.82, 2.24) is 0 Å². The molecule has 0 radical (unpaired) electrons. The molecular formula is C13H8FNO4. The fourth-order valence-corrected chi connectivity index (χ4v) is 1.67. The molecule has 2 aromatic carbocycles. The Bertz CT molecular complexity index is 637. The summed E-state index contributed by atoms with van der Waals surface area (Å²) in [6, 6.07) is 8.86. The summed E-state index contributed by atoms with van der Waals surface area (Å²) in [6.07, 6.45) is 0. The molecule has 0 atom stereocenters. The van der Waals surface area contributed by atoms with E-state index in [1.807, 2.05) is 0 Å². The van der Waals surface area contributed by atoms with Crippen molar-refractivity contribution in [2.75, 3.05) is 0 Å². The number of hydrogen-bond donors (Lipinski definition) is 1. The normalized spacial score (nSPS) is 10.2. The summed E-state index contributed by atoms with van der Waals surface area (Å²) in [7, 11) is 0. The topological polar surface area (TPSA) is 80.4 Å². The van der Waals surface area contributed by atoms with Crippen LogP contribution in [-0.2, 0) is 0 Å². The first-order valence-electron chi connectivity index (χ1n) is 5.26. The first-order valence-corrected chi connectivity index (χ1v) is 5.26. The predicted octanol–water partition coefficient (Wildman–Crippen LogP) is 3.10. The number of halogens is 1. The molecule has 0 fully saturated rings. The third kappa shape index (κ3) is 2.74. The predicted molar refractivity (Wildman–Crippen MR) is 65.4 cm³/mol. The number of nitrogens with zero attached hydrogens (tertiary/aromatic N) is 1. The summed E-state index contributed by atoms with van der Waals surface area (Å²) in [5.41, 5.74) is 0.102. The van der Waals surface area contributed by atoms with Crippen molar-refractivity contribution in [3.05, 3.63) is 64.0 Å². The maximum Gasteiger partial charge on any atom is 0.335 e. The smallest absolute Gasteiger partial charge is 0.335 e. The first kappa shape index (κ1) is 12.7. The Kier molecular flexibility index (Phi) is 3.24. The largest absolute Gasteiger partial charge is 0.478 e. The van der Waals surface area contributed by atoms with Gasteiger partial charge in [-0.1, -0.05) is 12.1 Å². The molecule has 0 aromatic heterocycles. The van der Waals surface area contributed by atoms with Crippen LogP contribution in [0.5, 0.6) is 0 Å². The van der Waals surface area contributed by atoms with Gasteiger partial charge in [-0.3, -0.25) is 10.1 Å². The van der Waals surface area contributed by atoms with E-state index in [0.29, 0.717) is 5.56 Å². The molecule has 0 saturated carbocycles. The van der Waals surface area contributed by atoms with Crippen molar-refractivity contribution in [3.63, 3.8) is 0 Å². The van der Waals surface area contributed by atoms with E-state index in [9.17, 15) is 19.3 Å². The van der Waals surface area contributed by atoms with E-state index < -0.39 is 16.7 Å². The molecule has 0 saturated heterocycles. The van der Waals surface area contributed by atoms with Crippen LogP contribution in [0.2, 0.25) is 0 Å². The SMILES string of the molecule is O=C(O)c1cc(-c2cccc(F)c2)cc([N+](=O)[O-])c1. The molecule has 0 heterocycles. The lowest BCUT2D eigenvalue weighted by Gasteiger charge is -2.04. The maximum atomic E-state index is 13.1. The van der Waals surface area contributed by atoms with Gasteiger partial charge >= 0.3 is 5.97 Å². The van der Waals surface area contributed by atoms with Crippen molar-refractivity contribution in [2.24, 2.45) is 0 Å². The summed E-state index contributed by atoms with van der Waals surface area (Å²) in [5.74, 6) is -1.78. The first-order chi connectivity index (χ1) is 8.97. The monoisotopic (exact) mass is 261 g/mol. The number of aromatic carboxylic acids is 1. The van der Waals surface area contributed by atoms with E-state index >= 15 is 0 Å². The van der Waals surface area contributed by atoms with Crippen molar-refractivity contribution in [2.45, 2.75) is 0 Å².